The monoisotopic (exact) mass is 461 g/mol. The summed E-state index contributed by atoms with van der Waals surface area (Å²) in [5.74, 6) is 0.0881. The van der Waals surface area contributed by atoms with Gasteiger partial charge in [0.1, 0.15) is 5.82 Å². The lowest BCUT2D eigenvalue weighted by atomic mass is 9.98. The molecule has 2 heterocycles. The van der Waals surface area contributed by atoms with Crippen molar-refractivity contribution in [1.29, 1.82) is 0 Å². The highest BCUT2D eigenvalue weighted by Gasteiger charge is 2.22. The van der Waals surface area contributed by atoms with Crippen LogP contribution in [-0.4, -0.2) is 23.3 Å². The van der Waals surface area contributed by atoms with Crippen LogP contribution in [0.2, 0.25) is 0 Å². The number of para-hydroxylation sites is 1. The summed E-state index contributed by atoms with van der Waals surface area (Å²) in [7, 11) is 0. The molecule has 0 bridgehead atoms. The molecule has 1 aromatic heterocycles. The molecule has 1 N–H and O–H groups in total. The number of benzene rings is 3. The Labute approximate surface area is 205 Å². The minimum Gasteiger partial charge on any atom is -0.308 e. The van der Waals surface area contributed by atoms with Gasteiger partial charge in [-0.25, -0.2) is 4.98 Å². The number of carbonyl (C=O) groups is 2. The number of amides is 2. The molecule has 0 saturated heterocycles. The fraction of sp³-hybridized carbons (Fsp3) is 0.167. The van der Waals surface area contributed by atoms with Gasteiger partial charge >= 0.3 is 0 Å². The summed E-state index contributed by atoms with van der Waals surface area (Å²) in [5, 5.41) is 2.88. The highest BCUT2D eigenvalue weighted by atomic mass is 16.2. The molecule has 0 fully saturated rings. The number of rotatable bonds is 4. The van der Waals surface area contributed by atoms with Gasteiger partial charge in [0.25, 0.3) is 11.8 Å². The fourth-order valence-electron chi connectivity index (χ4n) is 4.50. The maximum Gasteiger partial charge on any atom is 0.259 e. The first-order chi connectivity index (χ1) is 17.1. The van der Waals surface area contributed by atoms with Crippen LogP contribution in [0.3, 0.4) is 0 Å². The van der Waals surface area contributed by atoms with E-state index in [9.17, 15) is 9.59 Å². The zero-order valence-electron chi connectivity index (χ0n) is 19.7. The molecule has 5 nitrogen and oxygen atoms in total. The lowest BCUT2D eigenvalue weighted by Crippen LogP contribution is -2.31. The first-order valence-electron chi connectivity index (χ1n) is 11.9. The Morgan fingerprint density at radius 3 is 2.43 bits per heavy atom. The molecule has 1 aliphatic heterocycles. The van der Waals surface area contributed by atoms with E-state index in [1.54, 1.807) is 18.2 Å². The normalized spacial score (nSPS) is 13.0. The highest BCUT2D eigenvalue weighted by molar-refractivity contribution is 6.09. The Balaban J connectivity index is 1.34. The molecular weight excluding hydrogens is 434 g/mol. The summed E-state index contributed by atoms with van der Waals surface area (Å²) in [5.41, 5.74) is 6.24. The third-order valence-electron chi connectivity index (χ3n) is 6.39. The van der Waals surface area contributed by atoms with Crippen LogP contribution in [0.25, 0.3) is 11.1 Å². The molecule has 35 heavy (non-hydrogen) atoms. The number of nitrogens with one attached hydrogen (secondary N) is 1. The zero-order valence-corrected chi connectivity index (χ0v) is 19.7. The summed E-state index contributed by atoms with van der Waals surface area (Å²) >= 11 is 0. The van der Waals surface area contributed by atoms with Crippen LogP contribution in [0.1, 0.15) is 44.7 Å². The number of aromatic nitrogens is 1. The first-order valence-corrected chi connectivity index (χ1v) is 11.9. The number of pyridine rings is 1. The van der Waals surface area contributed by atoms with Crippen LogP contribution in [0.15, 0.2) is 91.1 Å². The number of nitrogens with zero attached hydrogens (tertiary/aromatic N) is 2. The largest absolute Gasteiger partial charge is 0.308 e. The summed E-state index contributed by atoms with van der Waals surface area (Å²) < 4.78 is 0. The Hall–Kier alpha value is -4.25. The smallest absolute Gasteiger partial charge is 0.259 e. The van der Waals surface area contributed by atoms with E-state index in [-0.39, 0.29) is 11.8 Å². The third-order valence-corrected chi connectivity index (χ3v) is 6.39. The standard InChI is InChI=1S/C30H27N3O2/c1-21-13-15-22(16-14-21)25-10-3-4-11-26(25)29(34)32-28-18-17-24(20-31-28)30(35)33-19-7-6-9-23-8-2-5-12-27(23)33/h2-5,8,10-18,20H,6-7,9,19H2,1H3,(H,31,32,34). The molecule has 0 aliphatic carbocycles. The predicted molar refractivity (Wildman–Crippen MR) is 140 cm³/mol. The molecule has 174 valence electrons. The van der Waals surface area contributed by atoms with Crippen molar-refractivity contribution >= 4 is 23.3 Å². The topological polar surface area (TPSA) is 62.3 Å². The number of aryl methyl sites for hydroxylation is 2. The van der Waals surface area contributed by atoms with Crippen molar-refractivity contribution in [2.24, 2.45) is 0 Å². The molecule has 0 atom stereocenters. The molecular formula is C30H27N3O2. The lowest BCUT2D eigenvalue weighted by molar-refractivity contribution is 0.0985. The molecule has 1 aliphatic rings. The van der Waals surface area contributed by atoms with Gasteiger partial charge in [0.2, 0.25) is 0 Å². The van der Waals surface area contributed by atoms with Gasteiger partial charge in [0.05, 0.1) is 5.56 Å². The van der Waals surface area contributed by atoms with Crippen molar-refractivity contribution in [1.82, 2.24) is 4.98 Å². The van der Waals surface area contributed by atoms with Crippen LogP contribution < -0.4 is 10.2 Å². The van der Waals surface area contributed by atoms with Gasteiger partial charge in [-0.1, -0.05) is 66.2 Å². The van der Waals surface area contributed by atoms with Crippen molar-refractivity contribution in [2.45, 2.75) is 26.2 Å². The van der Waals surface area contributed by atoms with Crippen molar-refractivity contribution in [3.8, 4) is 11.1 Å². The molecule has 5 heteroatoms. The van der Waals surface area contributed by atoms with E-state index in [0.29, 0.717) is 23.5 Å². The lowest BCUT2D eigenvalue weighted by Gasteiger charge is -2.23. The van der Waals surface area contributed by atoms with Gasteiger partial charge in [-0.3, -0.25) is 9.59 Å². The maximum atomic E-state index is 13.3. The predicted octanol–water partition coefficient (Wildman–Crippen LogP) is 6.29. The zero-order chi connectivity index (χ0) is 24.2. The Morgan fingerprint density at radius 1 is 0.857 bits per heavy atom. The van der Waals surface area contributed by atoms with Gasteiger partial charge in [-0.2, -0.15) is 0 Å². The molecule has 0 unspecified atom stereocenters. The number of hydrogen-bond donors (Lipinski definition) is 1. The van der Waals surface area contributed by atoms with Crippen LogP contribution in [0, 0.1) is 6.92 Å². The van der Waals surface area contributed by atoms with Gasteiger partial charge in [0, 0.05) is 24.0 Å². The molecule has 0 spiro atoms. The second-order valence-corrected chi connectivity index (χ2v) is 8.84. The average Bonchev–Trinajstić information content (AvgIpc) is 3.12. The van der Waals surface area contributed by atoms with Crippen molar-refractivity contribution in [3.05, 3.63) is 113 Å². The first kappa shape index (κ1) is 22.5. The maximum absolute atomic E-state index is 13.3. The molecule has 4 aromatic rings. The van der Waals surface area contributed by atoms with Crippen LogP contribution >= 0.6 is 0 Å². The van der Waals surface area contributed by atoms with E-state index >= 15 is 0 Å². The molecule has 2 amide bonds. The van der Waals surface area contributed by atoms with Crippen molar-refractivity contribution < 1.29 is 9.59 Å². The van der Waals surface area contributed by atoms with E-state index in [1.165, 1.54) is 11.8 Å². The number of carbonyl (C=O) groups excluding carboxylic acids is 2. The van der Waals surface area contributed by atoms with Crippen molar-refractivity contribution in [2.75, 3.05) is 16.8 Å². The van der Waals surface area contributed by atoms with E-state index in [4.69, 9.17) is 0 Å². The minimum atomic E-state index is -0.241. The van der Waals surface area contributed by atoms with E-state index in [2.05, 4.69) is 16.4 Å². The highest BCUT2D eigenvalue weighted by Crippen LogP contribution is 2.28. The van der Waals surface area contributed by atoms with Gasteiger partial charge in [-0.05, 0) is 67.1 Å². The van der Waals surface area contributed by atoms with Gasteiger partial charge < -0.3 is 10.2 Å². The number of fused-ring (bicyclic) bond motifs is 1. The minimum absolute atomic E-state index is 0.0746. The van der Waals surface area contributed by atoms with Gasteiger partial charge in [0.15, 0.2) is 0 Å². The summed E-state index contributed by atoms with van der Waals surface area (Å²) in [6, 6.07) is 27.1. The fourth-order valence-corrected chi connectivity index (χ4v) is 4.50. The summed E-state index contributed by atoms with van der Waals surface area (Å²) in [4.78, 5) is 32.6. The van der Waals surface area contributed by atoms with E-state index < -0.39 is 0 Å². The summed E-state index contributed by atoms with van der Waals surface area (Å²) in [6.45, 7) is 2.72. The van der Waals surface area contributed by atoms with Crippen LogP contribution in [-0.2, 0) is 6.42 Å². The quantitative estimate of drug-likeness (QED) is 0.388. The third kappa shape index (κ3) is 4.85. The second kappa shape index (κ2) is 9.94. The molecule has 5 rings (SSSR count). The molecule has 3 aromatic carbocycles. The van der Waals surface area contributed by atoms with Crippen LogP contribution in [0.4, 0.5) is 11.5 Å². The van der Waals surface area contributed by atoms with Gasteiger partial charge in [-0.15, -0.1) is 0 Å². The molecule has 0 radical (unpaired) electrons. The average molecular weight is 462 g/mol. The Bertz CT molecular complexity index is 1360. The molecule has 0 saturated carbocycles. The SMILES string of the molecule is Cc1ccc(-c2ccccc2C(=O)Nc2ccc(C(=O)N3CCCCc4ccccc43)cn2)cc1. The summed E-state index contributed by atoms with van der Waals surface area (Å²) in [6.07, 6.45) is 4.54. The number of anilines is 2. The Kier molecular flexibility index (Phi) is 6.40. The number of hydrogen-bond acceptors (Lipinski definition) is 3. The van der Waals surface area contributed by atoms with E-state index in [0.717, 1.165) is 41.6 Å². The van der Waals surface area contributed by atoms with Crippen molar-refractivity contribution in [3.63, 3.8) is 0 Å². The van der Waals surface area contributed by atoms with E-state index in [1.807, 2.05) is 72.5 Å². The Morgan fingerprint density at radius 2 is 1.63 bits per heavy atom. The second-order valence-electron chi connectivity index (χ2n) is 8.84. The van der Waals surface area contributed by atoms with Crippen LogP contribution in [0.5, 0.6) is 0 Å².